The third kappa shape index (κ3) is 2.99. The maximum atomic E-state index is 14.6. The van der Waals surface area contributed by atoms with Gasteiger partial charge >= 0.3 is 5.97 Å². The molecule has 0 saturated heterocycles. The van der Waals surface area contributed by atoms with E-state index in [1.54, 1.807) is 26.0 Å². The first-order valence-electron chi connectivity index (χ1n) is 7.63. The van der Waals surface area contributed by atoms with E-state index in [0.717, 1.165) is 11.1 Å². The first-order valence-corrected chi connectivity index (χ1v) is 7.63. The Balaban J connectivity index is 2.02. The van der Waals surface area contributed by atoms with Crippen LogP contribution in [0.3, 0.4) is 0 Å². The van der Waals surface area contributed by atoms with E-state index in [0.29, 0.717) is 17.5 Å². The summed E-state index contributed by atoms with van der Waals surface area (Å²) in [6.45, 7) is 3.22. The molecule has 2 aromatic carbocycles. The predicted octanol–water partition coefficient (Wildman–Crippen LogP) is 3.91. The van der Waals surface area contributed by atoms with Crippen LogP contribution in [0.25, 0.3) is 11.1 Å². The zero-order valence-electron chi connectivity index (χ0n) is 13.1. The monoisotopic (exact) mass is 314 g/mol. The highest BCUT2D eigenvalue weighted by atomic mass is 19.1. The predicted molar refractivity (Wildman–Crippen MR) is 85.6 cm³/mol. The summed E-state index contributed by atoms with van der Waals surface area (Å²) < 4.78 is 14.6. The van der Waals surface area contributed by atoms with Crippen LogP contribution >= 0.6 is 0 Å². The molecule has 1 aliphatic carbocycles. The number of hydrogen-bond acceptors (Lipinski definition) is 2. The lowest BCUT2D eigenvalue weighted by molar-refractivity contribution is -0.138. The van der Waals surface area contributed by atoms with Crippen molar-refractivity contribution >= 4 is 5.97 Å². The van der Waals surface area contributed by atoms with Crippen LogP contribution in [0.5, 0.6) is 0 Å². The van der Waals surface area contributed by atoms with E-state index >= 15 is 0 Å². The Kier molecular flexibility index (Phi) is 3.72. The molecular formula is C19H19FO3. The van der Waals surface area contributed by atoms with Crippen molar-refractivity contribution in [3.05, 3.63) is 59.4 Å². The molecule has 2 N–H and O–H groups in total. The van der Waals surface area contributed by atoms with Gasteiger partial charge in [0.15, 0.2) is 0 Å². The SMILES string of the molecule is CC(C)(O)c1ccc(-c2ccccc2[C@@H]2C[C@H]2C(=O)O)c(F)c1. The van der Waals surface area contributed by atoms with Gasteiger partial charge in [0, 0.05) is 5.56 Å². The van der Waals surface area contributed by atoms with E-state index in [9.17, 15) is 14.3 Å². The third-order valence-corrected chi connectivity index (χ3v) is 4.43. The number of hydrogen-bond donors (Lipinski definition) is 2. The Hall–Kier alpha value is -2.20. The van der Waals surface area contributed by atoms with Crippen molar-refractivity contribution in [1.82, 2.24) is 0 Å². The number of halogens is 1. The van der Waals surface area contributed by atoms with Crippen molar-refractivity contribution in [2.45, 2.75) is 31.8 Å². The van der Waals surface area contributed by atoms with Gasteiger partial charge < -0.3 is 10.2 Å². The first-order chi connectivity index (χ1) is 10.8. The molecule has 3 nitrogen and oxygen atoms in total. The molecule has 3 rings (SSSR count). The number of benzene rings is 2. The van der Waals surface area contributed by atoms with Gasteiger partial charge in [-0.2, -0.15) is 0 Å². The second-order valence-corrected chi connectivity index (χ2v) is 6.63. The molecule has 1 fully saturated rings. The van der Waals surface area contributed by atoms with Crippen LogP contribution in [-0.4, -0.2) is 16.2 Å². The molecule has 120 valence electrons. The van der Waals surface area contributed by atoms with Crippen molar-refractivity contribution in [1.29, 1.82) is 0 Å². The van der Waals surface area contributed by atoms with Gasteiger partial charge in [-0.1, -0.05) is 36.4 Å². The van der Waals surface area contributed by atoms with Crippen molar-refractivity contribution in [3.63, 3.8) is 0 Å². The standard InChI is InChI=1S/C19H19FO3/c1-19(2,23)11-7-8-14(17(20)9-11)12-5-3-4-6-13(12)15-10-16(15)18(21)22/h3-9,15-16,23H,10H2,1-2H3,(H,21,22)/t15-,16+/m0/s1. The van der Waals surface area contributed by atoms with Crippen molar-refractivity contribution in [2.75, 3.05) is 0 Å². The molecule has 1 saturated carbocycles. The van der Waals surface area contributed by atoms with Gasteiger partial charge in [-0.15, -0.1) is 0 Å². The summed E-state index contributed by atoms with van der Waals surface area (Å²) in [5.74, 6) is -1.65. The minimum Gasteiger partial charge on any atom is -0.481 e. The van der Waals surface area contributed by atoms with Crippen molar-refractivity contribution in [2.24, 2.45) is 5.92 Å². The van der Waals surface area contributed by atoms with Crippen LogP contribution in [-0.2, 0) is 10.4 Å². The molecule has 0 heterocycles. The second-order valence-electron chi connectivity index (χ2n) is 6.63. The molecule has 2 aromatic rings. The molecule has 4 heteroatoms. The normalized spacial score (nSPS) is 20.3. The highest BCUT2D eigenvalue weighted by molar-refractivity contribution is 5.78. The summed E-state index contributed by atoms with van der Waals surface area (Å²) in [4.78, 5) is 11.1. The fraction of sp³-hybridized carbons (Fsp3) is 0.316. The van der Waals surface area contributed by atoms with Gasteiger partial charge in [0.2, 0.25) is 0 Å². The molecule has 0 aromatic heterocycles. The second kappa shape index (κ2) is 5.46. The van der Waals surface area contributed by atoms with Crippen molar-refractivity contribution in [3.8, 4) is 11.1 Å². The van der Waals surface area contributed by atoms with Gasteiger partial charge in [0.1, 0.15) is 5.82 Å². The Morgan fingerprint density at radius 1 is 1.17 bits per heavy atom. The minimum atomic E-state index is -1.11. The molecule has 23 heavy (non-hydrogen) atoms. The molecular weight excluding hydrogens is 295 g/mol. The molecule has 2 atom stereocenters. The summed E-state index contributed by atoms with van der Waals surface area (Å²) in [6.07, 6.45) is 0.593. The van der Waals surface area contributed by atoms with E-state index in [1.807, 2.05) is 24.3 Å². The summed E-state index contributed by atoms with van der Waals surface area (Å²) >= 11 is 0. The molecule has 0 radical (unpaired) electrons. The summed E-state index contributed by atoms with van der Waals surface area (Å²) in [5, 5.41) is 19.1. The number of aliphatic carboxylic acids is 1. The number of carboxylic acids is 1. The Morgan fingerprint density at radius 2 is 1.87 bits per heavy atom. The Morgan fingerprint density at radius 3 is 2.43 bits per heavy atom. The van der Waals surface area contributed by atoms with Crippen LogP contribution in [0.1, 0.15) is 37.3 Å². The number of carbonyl (C=O) groups is 1. The van der Waals surface area contributed by atoms with Crippen LogP contribution in [0, 0.1) is 11.7 Å². The van der Waals surface area contributed by atoms with Gasteiger partial charge in [-0.25, -0.2) is 4.39 Å². The molecule has 0 bridgehead atoms. The summed E-state index contributed by atoms with van der Waals surface area (Å²) in [7, 11) is 0. The first kappa shape index (κ1) is 15.7. The van der Waals surface area contributed by atoms with Gasteiger partial charge in [-0.05, 0) is 48.9 Å². The average Bonchev–Trinajstić information content (AvgIpc) is 3.27. The largest absolute Gasteiger partial charge is 0.481 e. The average molecular weight is 314 g/mol. The zero-order valence-corrected chi connectivity index (χ0v) is 13.1. The fourth-order valence-corrected chi connectivity index (χ4v) is 2.99. The molecule has 0 spiro atoms. The Labute approximate surface area is 134 Å². The molecule has 1 aliphatic rings. The molecule has 0 unspecified atom stereocenters. The topological polar surface area (TPSA) is 57.5 Å². The van der Waals surface area contributed by atoms with Gasteiger partial charge in [0.05, 0.1) is 11.5 Å². The smallest absolute Gasteiger partial charge is 0.307 e. The van der Waals surface area contributed by atoms with Crippen LogP contribution in [0.4, 0.5) is 4.39 Å². The highest BCUT2D eigenvalue weighted by Crippen LogP contribution is 2.50. The van der Waals surface area contributed by atoms with Gasteiger partial charge in [0.25, 0.3) is 0 Å². The number of aliphatic hydroxyl groups is 1. The zero-order chi connectivity index (χ0) is 16.8. The lowest BCUT2D eigenvalue weighted by Gasteiger charge is -2.19. The van der Waals surface area contributed by atoms with Crippen LogP contribution in [0.15, 0.2) is 42.5 Å². The maximum Gasteiger partial charge on any atom is 0.307 e. The number of carboxylic acid groups (broad SMARTS) is 1. The lowest BCUT2D eigenvalue weighted by atomic mass is 9.92. The molecule has 0 amide bonds. The summed E-state index contributed by atoms with van der Waals surface area (Å²) in [6, 6.07) is 12.0. The van der Waals surface area contributed by atoms with Crippen LogP contribution in [0.2, 0.25) is 0 Å². The van der Waals surface area contributed by atoms with Gasteiger partial charge in [-0.3, -0.25) is 4.79 Å². The lowest BCUT2D eigenvalue weighted by Crippen LogP contribution is -2.15. The van der Waals surface area contributed by atoms with E-state index in [-0.39, 0.29) is 11.8 Å². The summed E-state index contributed by atoms with van der Waals surface area (Å²) in [5.41, 5.74) is 1.43. The van der Waals surface area contributed by atoms with E-state index in [2.05, 4.69) is 0 Å². The fourth-order valence-electron chi connectivity index (χ4n) is 2.99. The van der Waals surface area contributed by atoms with E-state index < -0.39 is 17.4 Å². The van der Waals surface area contributed by atoms with Crippen LogP contribution < -0.4 is 0 Å². The Bertz CT molecular complexity index is 761. The third-order valence-electron chi connectivity index (χ3n) is 4.43. The highest BCUT2D eigenvalue weighted by Gasteiger charge is 2.45. The van der Waals surface area contributed by atoms with E-state index in [1.165, 1.54) is 6.07 Å². The van der Waals surface area contributed by atoms with Crippen molar-refractivity contribution < 1.29 is 19.4 Å². The maximum absolute atomic E-state index is 14.6. The quantitative estimate of drug-likeness (QED) is 0.899. The molecule has 0 aliphatic heterocycles. The minimum absolute atomic E-state index is 0.0583. The van der Waals surface area contributed by atoms with E-state index in [4.69, 9.17) is 5.11 Å². The number of rotatable bonds is 4.